The van der Waals surface area contributed by atoms with Crippen LogP contribution in [0.2, 0.25) is 0 Å². The number of aromatic nitrogens is 1. The van der Waals surface area contributed by atoms with Gasteiger partial charge in [-0.25, -0.2) is 4.79 Å². The molecule has 30 heavy (non-hydrogen) atoms. The molecule has 154 valence electrons. The molecule has 0 N–H and O–H groups in total. The maximum atomic E-state index is 12.6. The van der Waals surface area contributed by atoms with E-state index in [2.05, 4.69) is 4.74 Å². The van der Waals surface area contributed by atoms with E-state index in [1.54, 1.807) is 18.2 Å². The fourth-order valence-electron chi connectivity index (χ4n) is 3.43. The summed E-state index contributed by atoms with van der Waals surface area (Å²) < 4.78 is 12.2. The Bertz CT molecular complexity index is 1190. The molecule has 7 nitrogen and oxygen atoms in total. The van der Waals surface area contributed by atoms with Crippen molar-refractivity contribution >= 4 is 45.9 Å². The smallest absolute Gasteiger partial charge is 0.373 e. The van der Waals surface area contributed by atoms with E-state index in [0.717, 1.165) is 28.2 Å². The number of para-hydroxylation sites is 1. The summed E-state index contributed by atoms with van der Waals surface area (Å²) in [6.45, 7) is 4.03. The molecule has 0 bridgehead atoms. The number of benzene rings is 1. The van der Waals surface area contributed by atoms with Crippen LogP contribution < -0.4 is 0 Å². The summed E-state index contributed by atoms with van der Waals surface area (Å²) in [6, 6.07) is 10.9. The predicted octanol–water partition coefficient (Wildman–Crippen LogP) is 4.51. The van der Waals surface area contributed by atoms with Crippen molar-refractivity contribution in [3.63, 3.8) is 0 Å². The number of thioether (sulfide) groups is 1. The first-order valence-corrected chi connectivity index (χ1v) is 10.2. The lowest BCUT2D eigenvalue weighted by atomic mass is 10.1. The summed E-state index contributed by atoms with van der Waals surface area (Å²) in [6.07, 6.45) is 3.67. The molecule has 2 aromatic heterocycles. The number of furan rings is 1. The third-order valence-electron chi connectivity index (χ3n) is 4.82. The summed E-state index contributed by atoms with van der Waals surface area (Å²) in [5.74, 6) is -0.0554. The number of amides is 2. The molecule has 1 aromatic carbocycles. The van der Waals surface area contributed by atoms with Crippen LogP contribution in [0.15, 0.2) is 51.9 Å². The SMILES string of the molecule is COC(=O)c1ccc(Cn2cc(/C=C3\SC(=O)N(C(C)C)C3=O)c3ccccc32)o1. The Morgan fingerprint density at radius 3 is 2.67 bits per heavy atom. The molecule has 0 atom stereocenters. The second kappa shape index (κ2) is 7.87. The summed E-state index contributed by atoms with van der Waals surface area (Å²) >= 11 is 0.955. The minimum absolute atomic E-state index is 0.145. The monoisotopic (exact) mass is 424 g/mol. The normalized spacial score (nSPS) is 15.7. The van der Waals surface area contributed by atoms with Crippen molar-refractivity contribution < 1.29 is 23.5 Å². The van der Waals surface area contributed by atoms with E-state index < -0.39 is 5.97 Å². The number of ether oxygens (including phenoxy) is 1. The van der Waals surface area contributed by atoms with Gasteiger partial charge in [0.2, 0.25) is 5.76 Å². The largest absolute Gasteiger partial charge is 0.463 e. The highest BCUT2D eigenvalue weighted by atomic mass is 32.2. The molecule has 0 radical (unpaired) electrons. The standard InChI is InChI=1S/C22H20N2O5S/c1-13(2)24-20(25)19(30-22(24)27)10-14-11-23(17-7-5-4-6-16(14)17)12-15-8-9-18(29-15)21(26)28-3/h4-11,13H,12H2,1-3H3/b19-10-. The first kappa shape index (κ1) is 20.0. The summed E-state index contributed by atoms with van der Waals surface area (Å²) in [7, 11) is 1.30. The van der Waals surface area contributed by atoms with E-state index >= 15 is 0 Å². The highest BCUT2D eigenvalue weighted by molar-refractivity contribution is 8.18. The number of carbonyl (C=O) groups is 3. The van der Waals surface area contributed by atoms with E-state index in [-0.39, 0.29) is 22.9 Å². The van der Waals surface area contributed by atoms with Gasteiger partial charge in [-0.3, -0.25) is 14.5 Å². The Labute approximate surface area is 177 Å². The zero-order valence-electron chi connectivity index (χ0n) is 16.7. The maximum Gasteiger partial charge on any atom is 0.373 e. The highest BCUT2D eigenvalue weighted by Crippen LogP contribution is 2.35. The lowest BCUT2D eigenvalue weighted by Crippen LogP contribution is -2.34. The van der Waals surface area contributed by atoms with Crippen LogP contribution in [0.4, 0.5) is 4.79 Å². The van der Waals surface area contributed by atoms with Crippen molar-refractivity contribution in [3.8, 4) is 0 Å². The average molecular weight is 424 g/mol. The Kier molecular flexibility index (Phi) is 5.26. The third kappa shape index (κ3) is 3.54. The van der Waals surface area contributed by atoms with Crippen molar-refractivity contribution in [1.82, 2.24) is 9.47 Å². The van der Waals surface area contributed by atoms with Gasteiger partial charge in [0.25, 0.3) is 11.1 Å². The van der Waals surface area contributed by atoms with Gasteiger partial charge in [0.05, 0.1) is 18.6 Å². The van der Waals surface area contributed by atoms with Crippen LogP contribution in [0.5, 0.6) is 0 Å². The summed E-state index contributed by atoms with van der Waals surface area (Å²) in [5, 5.41) is 0.699. The van der Waals surface area contributed by atoms with Gasteiger partial charge in [-0.1, -0.05) is 18.2 Å². The van der Waals surface area contributed by atoms with Crippen LogP contribution in [-0.2, 0) is 16.1 Å². The molecule has 0 saturated carbocycles. The molecule has 0 spiro atoms. The first-order valence-electron chi connectivity index (χ1n) is 9.41. The van der Waals surface area contributed by atoms with Gasteiger partial charge in [0.1, 0.15) is 5.76 Å². The van der Waals surface area contributed by atoms with Crippen LogP contribution in [0, 0.1) is 0 Å². The topological polar surface area (TPSA) is 81.8 Å². The predicted molar refractivity (Wildman–Crippen MR) is 114 cm³/mol. The van der Waals surface area contributed by atoms with Gasteiger partial charge in [0.15, 0.2) is 0 Å². The molecule has 1 aliphatic heterocycles. The number of esters is 1. The number of rotatable bonds is 5. The lowest BCUT2D eigenvalue weighted by Gasteiger charge is -2.16. The van der Waals surface area contributed by atoms with Crippen molar-refractivity contribution in [2.24, 2.45) is 0 Å². The van der Waals surface area contributed by atoms with E-state index in [1.165, 1.54) is 12.0 Å². The zero-order chi connectivity index (χ0) is 21.4. The second-order valence-corrected chi connectivity index (χ2v) is 8.13. The molecule has 3 aromatic rings. The number of imide groups is 1. The Morgan fingerprint density at radius 1 is 1.20 bits per heavy atom. The molecule has 0 unspecified atom stereocenters. The third-order valence-corrected chi connectivity index (χ3v) is 5.70. The van der Waals surface area contributed by atoms with Gasteiger partial charge in [-0.2, -0.15) is 0 Å². The van der Waals surface area contributed by atoms with Gasteiger partial charge >= 0.3 is 5.97 Å². The molecule has 1 fully saturated rings. The van der Waals surface area contributed by atoms with E-state index in [0.29, 0.717) is 17.2 Å². The van der Waals surface area contributed by atoms with Gasteiger partial charge in [-0.05, 0) is 49.9 Å². The lowest BCUT2D eigenvalue weighted by molar-refractivity contribution is -0.123. The zero-order valence-corrected chi connectivity index (χ0v) is 17.6. The van der Waals surface area contributed by atoms with Crippen LogP contribution in [0.25, 0.3) is 17.0 Å². The molecule has 8 heteroatoms. The molecule has 3 heterocycles. The highest BCUT2D eigenvalue weighted by Gasteiger charge is 2.36. The van der Waals surface area contributed by atoms with Crippen molar-refractivity contribution in [2.75, 3.05) is 7.11 Å². The van der Waals surface area contributed by atoms with Gasteiger partial charge in [-0.15, -0.1) is 0 Å². The molecule has 1 aliphatic rings. The van der Waals surface area contributed by atoms with Crippen LogP contribution in [-0.4, -0.2) is 39.7 Å². The molecule has 2 amide bonds. The first-order chi connectivity index (χ1) is 14.4. The fourth-order valence-corrected chi connectivity index (χ4v) is 4.38. The molecule has 4 rings (SSSR count). The number of carbonyl (C=O) groups excluding carboxylic acids is 3. The summed E-state index contributed by atoms with van der Waals surface area (Å²) in [4.78, 5) is 38.1. The van der Waals surface area contributed by atoms with Crippen LogP contribution >= 0.6 is 11.8 Å². The molecular weight excluding hydrogens is 404 g/mol. The van der Waals surface area contributed by atoms with E-state index in [9.17, 15) is 14.4 Å². The van der Waals surface area contributed by atoms with Crippen molar-refractivity contribution in [1.29, 1.82) is 0 Å². The van der Waals surface area contributed by atoms with E-state index in [1.807, 2.05) is 48.9 Å². The van der Waals surface area contributed by atoms with Crippen molar-refractivity contribution in [3.05, 3.63) is 64.6 Å². The number of hydrogen-bond acceptors (Lipinski definition) is 6. The van der Waals surface area contributed by atoms with E-state index in [4.69, 9.17) is 4.42 Å². The summed E-state index contributed by atoms with van der Waals surface area (Å²) in [5.41, 5.74) is 1.78. The number of fused-ring (bicyclic) bond motifs is 1. The average Bonchev–Trinajstić information content (AvgIpc) is 3.39. The number of methoxy groups -OCH3 is 1. The Hall–Kier alpha value is -3.26. The maximum absolute atomic E-state index is 12.6. The van der Waals surface area contributed by atoms with Crippen molar-refractivity contribution in [2.45, 2.75) is 26.4 Å². The molecule has 1 saturated heterocycles. The minimum atomic E-state index is -0.528. The molecule has 0 aliphatic carbocycles. The number of hydrogen-bond donors (Lipinski definition) is 0. The number of nitrogens with zero attached hydrogens (tertiary/aromatic N) is 2. The Balaban J connectivity index is 1.70. The van der Waals surface area contributed by atoms with Crippen LogP contribution in [0.1, 0.15) is 35.7 Å². The fraction of sp³-hybridized carbons (Fsp3) is 0.227. The molecular formula is C22H20N2O5S. The van der Waals surface area contributed by atoms with Crippen LogP contribution in [0.3, 0.4) is 0 Å². The Morgan fingerprint density at radius 2 is 1.97 bits per heavy atom. The quantitative estimate of drug-likeness (QED) is 0.443. The minimum Gasteiger partial charge on any atom is -0.463 e. The second-order valence-electron chi connectivity index (χ2n) is 7.13. The van der Waals surface area contributed by atoms with Gasteiger partial charge in [0, 0.05) is 28.7 Å². The van der Waals surface area contributed by atoms with Gasteiger partial charge < -0.3 is 13.7 Å².